The van der Waals surface area contributed by atoms with Crippen LogP contribution in [0, 0.1) is 5.92 Å². The maximum absolute atomic E-state index is 9.55. The van der Waals surface area contributed by atoms with Crippen LogP contribution in [-0.2, 0) is 6.42 Å². The lowest BCUT2D eigenvalue weighted by molar-refractivity contribution is 0.161. The molecule has 2 heterocycles. The Bertz CT molecular complexity index is 401. The number of piperidine rings is 1. The molecule has 2 saturated heterocycles. The van der Waals surface area contributed by atoms with Crippen LogP contribution in [-0.4, -0.2) is 48.3 Å². The normalized spacial score (nSPS) is 28.9. The van der Waals surface area contributed by atoms with E-state index in [0.29, 0.717) is 6.04 Å². The summed E-state index contributed by atoms with van der Waals surface area (Å²) in [5.74, 6) is 0.843. The molecule has 1 aromatic rings. The zero-order chi connectivity index (χ0) is 13.8. The Morgan fingerprint density at radius 2 is 1.90 bits per heavy atom. The Morgan fingerprint density at radius 3 is 2.55 bits per heavy atom. The van der Waals surface area contributed by atoms with Gasteiger partial charge in [-0.3, -0.25) is 0 Å². The molecule has 2 unspecified atom stereocenters. The molecule has 0 amide bonds. The lowest BCUT2D eigenvalue weighted by Crippen LogP contribution is -2.42. The molecule has 110 valence electrons. The summed E-state index contributed by atoms with van der Waals surface area (Å²) in [5, 5.41) is 13.0. The van der Waals surface area contributed by atoms with Gasteiger partial charge in [-0.2, -0.15) is 0 Å². The fourth-order valence-electron chi connectivity index (χ4n) is 3.57. The average Bonchev–Trinajstić information content (AvgIpc) is 2.88. The van der Waals surface area contributed by atoms with Gasteiger partial charge in [0, 0.05) is 19.1 Å². The average molecular weight is 274 g/mol. The van der Waals surface area contributed by atoms with Crippen molar-refractivity contribution in [2.75, 3.05) is 26.2 Å². The van der Waals surface area contributed by atoms with Crippen molar-refractivity contribution in [2.45, 2.75) is 37.8 Å². The predicted molar refractivity (Wildman–Crippen MR) is 81.7 cm³/mol. The molecule has 1 aromatic carbocycles. The van der Waals surface area contributed by atoms with E-state index in [0.717, 1.165) is 25.4 Å². The Hall–Kier alpha value is -0.900. The molecule has 2 N–H and O–H groups in total. The van der Waals surface area contributed by atoms with Crippen molar-refractivity contribution in [3.63, 3.8) is 0 Å². The summed E-state index contributed by atoms with van der Waals surface area (Å²) in [4.78, 5) is 2.57. The van der Waals surface area contributed by atoms with Gasteiger partial charge in [0.1, 0.15) is 0 Å². The highest BCUT2D eigenvalue weighted by molar-refractivity contribution is 5.15. The summed E-state index contributed by atoms with van der Waals surface area (Å²) in [6, 6.07) is 11.4. The number of aliphatic hydroxyl groups is 1. The summed E-state index contributed by atoms with van der Waals surface area (Å²) >= 11 is 0. The standard InChI is InChI=1S/C17H26N2O/c20-17-11-16(18-12-17)13-19-8-6-15(7-9-19)10-14-4-2-1-3-5-14/h1-5,15-18,20H,6-13H2. The second-order valence-corrected chi connectivity index (χ2v) is 6.43. The first-order chi connectivity index (χ1) is 9.79. The van der Waals surface area contributed by atoms with E-state index in [2.05, 4.69) is 40.5 Å². The first kappa shape index (κ1) is 14.1. The van der Waals surface area contributed by atoms with Crippen molar-refractivity contribution >= 4 is 0 Å². The van der Waals surface area contributed by atoms with Crippen LogP contribution in [0.3, 0.4) is 0 Å². The number of hydrogen-bond acceptors (Lipinski definition) is 3. The largest absolute Gasteiger partial charge is 0.392 e. The van der Waals surface area contributed by atoms with Crippen LogP contribution >= 0.6 is 0 Å². The minimum absolute atomic E-state index is 0.129. The topological polar surface area (TPSA) is 35.5 Å². The van der Waals surface area contributed by atoms with E-state index in [9.17, 15) is 5.11 Å². The second-order valence-electron chi connectivity index (χ2n) is 6.43. The van der Waals surface area contributed by atoms with Gasteiger partial charge in [0.05, 0.1) is 6.10 Å². The quantitative estimate of drug-likeness (QED) is 0.876. The van der Waals surface area contributed by atoms with Crippen LogP contribution < -0.4 is 5.32 Å². The Balaban J connectivity index is 1.41. The third-order valence-corrected chi connectivity index (χ3v) is 4.75. The maximum Gasteiger partial charge on any atom is 0.0680 e. The minimum Gasteiger partial charge on any atom is -0.392 e. The van der Waals surface area contributed by atoms with E-state index < -0.39 is 0 Å². The lowest BCUT2D eigenvalue weighted by atomic mass is 9.90. The zero-order valence-electron chi connectivity index (χ0n) is 12.2. The van der Waals surface area contributed by atoms with Gasteiger partial charge in [-0.1, -0.05) is 30.3 Å². The molecule has 0 bridgehead atoms. The van der Waals surface area contributed by atoms with Gasteiger partial charge in [-0.25, -0.2) is 0 Å². The monoisotopic (exact) mass is 274 g/mol. The first-order valence-electron chi connectivity index (χ1n) is 7.97. The van der Waals surface area contributed by atoms with Crippen LogP contribution in [0.15, 0.2) is 30.3 Å². The summed E-state index contributed by atoms with van der Waals surface area (Å²) in [6.07, 6.45) is 4.64. The molecule has 2 fully saturated rings. The predicted octanol–water partition coefficient (Wildman–Crippen LogP) is 1.66. The van der Waals surface area contributed by atoms with Crippen LogP contribution in [0.25, 0.3) is 0 Å². The smallest absolute Gasteiger partial charge is 0.0680 e. The van der Waals surface area contributed by atoms with Crippen molar-refractivity contribution in [3.8, 4) is 0 Å². The van der Waals surface area contributed by atoms with Gasteiger partial charge in [-0.15, -0.1) is 0 Å². The van der Waals surface area contributed by atoms with Crippen molar-refractivity contribution in [1.29, 1.82) is 0 Å². The SMILES string of the molecule is OC1CNC(CN2CCC(Cc3ccccc3)CC2)C1. The molecule has 0 aliphatic carbocycles. The summed E-state index contributed by atoms with van der Waals surface area (Å²) < 4.78 is 0. The van der Waals surface area contributed by atoms with E-state index in [1.165, 1.54) is 37.9 Å². The summed E-state index contributed by atoms with van der Waals surface area (Å²) in [6.45, 7) is 4.31. The minimum atomic E-state index is -0.129. The van der Waals surface area contributed by atoms with Gasteiger partial charge in [-0.05, 0) is 50.3 Å². The number of nitrogens with zero attached hydrogens (tertiary/aromatic N) is 1. The Kier molecular flexibility index (Phi) is 4.71. The highest BCUT2D eigenvalue weighted by atomic mass is 16.3. The summed E-state index contributed by atoms with van der Waals surface area (Å²) in [5.41, 5.74) is 1.48. The molecular formula is C17H26N2O. The van der Waals surface area contributed by atoms with Gasteiger partial charge in [0.25, 0.3) is 0 Å². The van der Waals surface area contributed by atoms with Gasteiger partial charge in [0.15, 0.2) is 0 Å². The number of nitrogens with one attached hydrogen (secondary N) is 1. The van der Waals surface area contributed by atoms with E-state index >= 15 is 0 Å². The van der Waals surface area contributed by atoms with Crippen LogP contribution in [0.5, 0.6) is 0 Å². The highest BCUT2D eigenvalue weighted by Gasteiger charge is 2.26. The second kappa shape index (κ2) is 6.70. The van der Waals surface area contributed by atoms with Crippen molar-refractivity contribution in [1.82, 2.24) is 10.2 Å². The molecule has 0 spiro atoms. The van der Waals surface area contributed by atoms with Crippen LogP contribution in [0.1, 0.15) is 24.8 Å². The summed E-state index contributed by atoms with van der Waals surface area (Å²) in [7, 11) is 0. The Labute approximate surface area is 122 Å². The van der Waals surface area contributed by atoms with E-state index in [1.54, 1.807) is 0 Å². The molecule has 3 heteroatoms. The van der Waals surface area contributed by atoms with Crippen molar-refractivity contribution in [3.05, 3.63) is 35.9 Å². The molecule has 0 aromatic heterocycles. The van der Waals surface area contributed by atoms with Crippen LogP contribution in [0.4, 0.5) is 0 Å². The molecule has 2 atom stereocenters. The molecule has 0 radical (unpaired) electrons. The molecule has 20 heavy (non-hydrogen) atoms. The number of aliphatic hydroxyl groups excluding tert-OH is 1. The number of hydrogen-bond donors (Lipinski definition) is 2. The number of benzene rings is 1. The molecular weight excluding hydrogens is 248 g/mol. The van der Waals surface area contributed by atoms with Gasteiger partial charge >= 0.3 is 0 Å². The molecule has 2 aliphatic heterocycles. The first-order valence-corrected chi connectivity index (χ1v) is 7.97. The number of likely N-dealkylation sites (tertiary alicyclic amines) is 1. The van der Waals surface area contributed by atoms with E-state index in [-0.39, 0.29) is 6.10 Å². The molecule has 3 rings (SSSR count). The van der Waals surface area contributed by atoms with Crippen molar-refractivity contribution < 1.29 is 5.11 Å². The third kappa shape index (κ3) is 3.81. The number of β-amino-alcohol motifs (C(OH)–C–C–N with tert-alkyl or cyclic N) is 1. The van der Waals surface area contributed by atoms with E-state index in [4.69, 9.17) is 0 Å². The fraction of sp³-hybridized carbons (Fsp3) is 0.647. The van der Waals surface area contributed by atoms with Crippen molar-refractivity contribution in [2.24, 2.45) is 5.92 Å². The number of rotatable bonds is 4. The molecule has 3 nitrogen and oxygen atoms in total. The fourth-order valence-corrected chi connectivity index (χ4v) is 3.57. The Morgan fingerprint density at radius 1 is 1.15 bits per heavy atom. The van der Waals surface area contributed by atoms with E-state index in [1.807, 2.05) is 0 Å². The highest BCUT2D eigenvalue weighted by Crippen LogP contribution is 2.22. The van der Waals surface area contributed by atoms with Crippen LogP contribution in [0.2, 0.25) is 0 Å². The third-order valence-electron chi connectivity index (χ3n) is 4.75. The van der Waals surface area contributed by atoms with Gasteiger partial charge < -0.3 is 15.3 Å². The zero-order valence-corrected chi connectivity index (χ0v) is 12.2. The molecule has 2 aliphatic rings. The van der Waals surface area contributed by atoms with Gasteiger partial charge in [0.2, 0.25) is 0 Å². The maximum atomic E-state index is 9.55. The molecule has 0 saturated carbocycles. The lowest BCUT2D eigenvalue weighted by Gasteiger charge is -2.33.